The Labute approximate surface area is 120 Å². The van der Waals surface area contributed by atoms with Crippen molar-refractivity contribution in [1.29, 1.82) is 0 Å². The summed E-state index contributed by atoms with van der Waals surface area (Å²) in [5, 5.41) is 0. The minimum Gasteiger partial charge on any atom is -0.299 e. The second kappa shape index (κ2) is 3.56. The number of carbonyl (C=O) groups excluding carboxylic acids is 2. The molecular formula is C18H24O2. The molecule has 5 saturated carbocycles. The fraction of sp³-hybridized carbons (Fsp3) is 0.889. The van der Waals surface area contributed by atoms with Crippen LogP contribution in [0.3, 0.4) is 0 Å². The van der Waals surface area contributed by atoms with Gasteiger partial charge < -0.3 is 0 Å². The highest BCUT2D eigenvalue weighted by molar-refractivity contribution is 5.87. The SMILES string of the molecule is C[C@]12CC[C@@H]3[C@H]4CCC(=O)[C@H]5C(C[C@H]3[C@@H]1CCC2=O)[C@@H]45. The van der Waals surface area contributed by atoms with Crippen molar-refractivity contribution in [3.05, 3.63) is 0 Å². The average Bonchev–Trinajstić information content (AvgIpc) is 3.08. The molecule has 0 N–H and O–H groups in total. The molecular weight excluding hydrogens is 248 g/mol. The van der Waals surface area contributed by atoms with Crippen LogP contribution in [0.2, 0.25) is 0 Å². The van der Waals surface area contributed by atoms with Gasteiger partial charge in [0.05, 0.1) is 0 Å². The van der Waals surface area contributed by atoms with Crippen molar-refractivity contribution in [3.8, 4) is 0 Å². The van der Waals surface area contributed by atoms with E-state index in [1.54, 1.807) is 0 Å². The van der Waals surface area contributed by atoms with E-state index < -0.39 is 0 Å². The highest BCUT2D eigenvalue weighted by Gasteiger charge is 2.68. The van der Waals surface area contributed by atoms with Crippen molar-refractivity contribution in [2.45, 2.75) is 51.9 Å². The average molecular weight is 272 g/mol. The lowest BCUT2D eigenvalue weighted by atomic mass is 9.53. The molecule has 1 unspecified atom stereocenters. The van der Waals surface area contributed by atoms with E-state index in [2.05, 4.69) is 6.92 Å². The highest BCUT2D eigenvalue weighted by Crippen LogP contribution is 2.70. The Morgan fingerprint density at radius 3 is 2.65 bits per heavy atom. The summed E-state index contributed by atoms with van der Waals surface area (Å²) in [5.41, 5.74) is 0.000995. The van der Waals surface area contributed by atoms with Gasteiger partial charge in [0.25, 0.3) is 0 Å². The van der Waals surface area contributed by atoms with E-state index in [1.165, 1.54) is 12.8 Å². The lowest BCUT2D eigenvalue weighted by molar-refractivity contribution is -0.131. The third-order valence-electron chi connectivity index (χ3n) is 8.12. The van der Waals surface area contributed by atoms with Crippen molar-refractivity contribution < 1.29 is 9.59 Å². The van der Waals surface area contributed by atoms with E-state index in [-0.39, 0.29) is 5.41 Å². The molecule has 0 radical (unpaired) electrons. The van der Waals surface area contributed by atoms with E-state index in [0.29, 0.717) is 29.3 Å². The lowest BCUT2D eigenvalue weighted by Crippen LogP contribution is -2.46. The largest absolute Gasteiger partial charge is 0.299 e. The Hall–Kier alpha value is -0.660. The van der Waals surface area contributed by atoms with Gasteiger partial charge in [0, 0.05) is 24.2 Å². The Morgan fingerprint density at radius 2 is 1.80 bits per heavy atom. The fourth-order valence-electron chi connectivity index (χ4n) is 7.18. The lowest BCUT2D eigenvalue weighted by Gasteiger charge is -2.50. The zero-order valence-corrected chi connectivity index (χ0v) is 12.3. The Morgan fingerprint density at radius 1 is 0.950 bits per heavy atom. The van der Waals surface area contributed by atoms with Crippen molar-refractivity contribution in [2.24, 2.45) is 46.8 Å². The van der Waals surface area contributed by atoms with Crippen LogP contribution in [0.25, 0.3) is 0 Å². The topological polar surface area (TPSA) is 34.1 Å². The first-order chi connectivity index (χ1) is 9.61. The minimum absolute atomic E-state index is 0.000995. The van der Waals surface area contributed by atoms with Crippen molar-refractivity contribution >= 4 is 11.6 Å². The molecule has 2 heteroatoms. The van der Waals surface area contributed by atoms with Crippen LogP contribution in [0.15, 0.2) is 0 Å². The number of fused-ring (bicyclic) bond motifs is 5. The second-order valence-electron chi connectivity index (χ2n) is 8.52. The molecule has 5 rings (SSSR count). The molecule has 0 amide bonds. The van der Waals surface area contributed by atoms with Crippen LogP contribution in [-0.2, 0) is 9.59 Å². The molecule has 5 aliphatic carbocycles. The summed E-state index contributed by atoms with van der Waals surface area (Å²) in [7, 11) is 0. The molecule has 5 aliphatic rings. The van der Waals surface area contributed by atoms with Crippen LogP contribution in [-0.4, -0.2) is 11.6 Å². The van der Waals surface area contributed by atoms with Gasteiger partial charge in [0.1, 0.15) is 11.6 Å². The van der Waals surface area contributed by atoms with Gasteiger partial charge in [0.2, 0.25) is 0 Å². The fourth-order valence-corrected chi connectivity index (χ4v) is 7.18. The predicted octanol–water partition coefficient (Wildman–Crippen LogP) is 3.24. The maximum absolute atomic E-state index is 12.3. The molecule has 0 heterocycles. The number of Topliss-reactive ketones (excluding diaryl/α,β-unsaturated/α-hetero) is 2. The maximum atomic E-state index is 12.3. The van der Waals surface area contributed by atoms with Crippen molar-refractivity contribution in [3.63, 3.8) is 0 Å². The summed E-state index contributed by atoms with van der Waals surface area (Å²) in [4.78, 5) is 24.4. The van der Waals surface area contributed by atoms with Crippen molar-refractivity contribution in [2.75, 3.05) is 0 Å². The molecule has 5 fully saturated rings. The normalized spacial score (nSPS) is 59.8. The number of rotatable bonds is 0. The summed E-state index contributed by atoms with van der Waals surface area (Å²) < 4.78 is 0. The molecule has 2 nitrogen and oxygen atoms in total. The summed E-state index contributed by atoms with van der Waals surface area (Å²) in [6.45, 7) is 2.25. The number of hydrogen-bond donors (Lipinski definition) is 0. The van der Waals surface area contributed by atoms with Crippen LogP contribution in [0.5, 0.6) is 0 Å². The first kappa shape index (κ1) is 11.9. The third kappa shape index (κ3) is 1.23. The smallest absolute Gasteiger partial charge is 0.139 e. The van der Waals surface area contributed by atoms with E-state index in [0.717, 1.165) is 55.8 Å². The van der Waals surface area contributed by atoms with Crippen LogP contribution in [0.4, 0.5) is 0 Å². The van der Waals surface area contributed by atoms with Gasteiger partial charge in [-0.3, -0.25) is 9.59 Å². The molecule has 8 atom stereocenters. The van der Waals surface area contributed by atoms with Crippen LogP contribution in [0.1, 0.15) is 51.9 Å². The van der Waals surface area contributed by atoms with Crippen LogP contribution >= 0.6 is 0 Å². The first-order valence-corrected chi connectivity index (χ1v) is 8.67. The summed E-state index contributed by atoms with van der Waals surface area (Å²) >= 11 is 0. The number of carbonyl (C=O) groups is 2. The molecule has 20 heavy (non-hydrogen) atoms. The molecule has 0 aromatic rings. The van der Waals surface area contributed by atoms with E-state index in [1.807, 2.05) is 0 Å². The molecule has 0 aromatic heterocycles. The summed E-state index contributed by atoms with van der Waals surface area (Å²) in [6.07, 6.45) is 7.64. The van der Waals surface area contributed by atoms with E-state index >= 15 is 0 Å². The standard InChI is InChI=1S/C18H24O2/c1-18-7-6-9-10-2-4-14(19)17-12(16(10)17)8-11(9)13(18)3-5-15(18)20/h9-13,16-17H,2-8H2,1H3/t9-,10-,11-,12?,13+,16-,17-,18+/m1/s1. The predicted molar refractivity (Wildman–Crippen MR) is 74.9 cm³/mol. The van der Waals surface area contributed by atoms with Crippen molar-refractivity contribution in [1.82, 2.24) is 0 Å². The number of ketones is 2. The second-order valence-corrected chi connectivity index (χ2v) is 8.52. The van der Waals surface area contributed by atoms with Gasteiger partial charge in [-0.25, -0.2) is 0 Å². The molecule has 0 aliphatic heterocycles. The Kier molecular flexibility index (Phi) is 2.13. The van der Waals surface area contributed by atoms with E-state index in [4.69, 9.17) is 0 Å². The zero-order chi connectivity index (χ0) is 13.6. The molecule has 0 aromatic carbocycles. The quantitative estimate of drug-likeness (QED) is 0.678. The molecule has 0 bridgehead atoms. The monoisotopic (exact) mass is 272 g/mol. The highest BCUT2D eigenvalue weighted by atomic mass is 16.1. The van der Waals surface area contributed by atoms with Crippen LogP contribution in [0, 0.1) is 46.8 Å². The van der Waals surface area contributed by atoms with Gasteiger partial charge in [-0.05, 0) is 67.6 Å². The molecule has 0 spiro atoms. The molecule has 0 saturated heterocycles. The van der Waals surface area contributed by atoms with Gasteiger partial charge in [-0.2, -0.15) is 0 Å². The van der Waals surface area contributed by atoms with Gasteiger partial charge in [-0.1, -0.05) is 6.92 Å². The minimum atomic E-state index is 0.000995. The van der Waals surface area contributed by atoms with Crippen LogP contribution < -0.4 is 0 Å². The number of hydrogen-bond acceptors (Lipinski definition) is 2. The Balaban J connectivity index is 1.51. The summed E-state index contributed by atoms with van der Waals surface area (Å²) in [5.74, 6) is 6.13. The molecule has 108 valence electrons. The van der Waals surface area contributed by atoms with Gasteiger partial charge >= 0.3 is 0 Å². The Bertz CT molecular complexity index is 510. The first-order valence-electron chi connectivity index (χ1n) is 8.67. The third-order valence-corrected chi connectivity index (χ3v) is 8.12. The summed E-state index contributed by atoms with van der Waals surface area (Å²) in [6, 6.07) is 0. The van der Waals surface area contributed by atoms with Gasteiger partial charge in [0.15, 0.2) is 0 Å². The zero-order valence-electron chi connectivity index (χ0n) is 12.3. The van der Waals surface area contributed by atoms with E-state index in [9.17, 15) is 9.59 Å². The van der Waals surface area contributed by atoms with Gasteiger partial charge in [-0.15, -0.1) is 0 Å². The maximum Gasteiger partial charge on any atom is 0.139 e.